The van der Waals surface area contributed by atoms with E-state index in [4.69, 9.17) is 10.5 Å². The molecule has 1 aromatic rings. The molecule has 1 aliphatic heterocycles. The van der Waals surface area contributed by atoms with Crippen LogP contribution >= 0.6 is 0 Å². The van der Waals surface area contributed by atoms with Crippen LogP contribution in [0.4, 0.5) is 4.79 Å². The Morgan fingerprint density at radius 3 is 2.67 bits per heavy atom. The maximum absolute atomic E-state index is 10.8. The molecule has 18 heavy (non-hydrogen) atoms. The quantitative estimate of drug-likeness (QED) is 0.885. The number of nitrogens with two attached hydrogens (primary N) is 1. The number of rotatable bonds is 3. The van der Waals surface area contributed by atoms with Crippen LogP contribution < -0.4 is 5.73 Å². The van der Waals surface area contributed by atoms with Gasteiger partial charge in [-0.15, -0.1) is 0 Å². The summed E-state index contributed by atoms with van der Waals surface area (Å²) in [5, 5.41) is 0. The van der Waals surface area contributed by atoms with Crippen LogP contribution in [0.15, 0.2) is 30.3 Å². The van der Waals surface area contributed by atoms with Gasteiger partial charge in [0, 0.05) is 18.6 Å². The second-order valence-electron chi connectivity index (χ2n) is 5.19. The standard InChI is InChI=1S/C14H18N2O2/c15-13(17)18-12-6-9-16(10-12)14(7-8-14)11-4-2-1-3-5-11/h1-5,12H,6-10H2,(H2,15,17). The zero-order chi connectivity index (χ0) is 12.6. The summed E-state index contributed by atoms with van der Waals surface area (Å²) in [4.78, 5) is 13.2. The predicted octanol–water partition coefficient (Wildman–Crippen LogP) is 1.85. The molecule has 1 aromatic carbocycles. The van der Waals surface area contributed by atoms with Crippen molar-refractivity contribution < 1.29 is 9.53 Å². The van der Waals surface area contributed by atoms with E-state index in [0.29, 0.717) is 0 Å². The van der Waals surface area contributed by atoms with Gasteiger partial charge in [0.2, 0.25) is 0 Å². The van der Waals surface area contributed by atoms with Gasteiger partial charge in [0.15, 0.2) is 0 Å². The summed E-state index contributed by atoms with van der Waals surface area (Å²) >= 11 is 0. The zero-order valence-corrected chi connectivity index (χ0v) is 10.3. The number of hydrogen-bond donors (Lipinski definition) is 1. The van der Waals surface area contributed by atoms with Crippen molar-refractivity contribution in [2.24, 2.45) is 5.73 Å². The topological polar surface area (TPSA) is 55.6 Å². The summed E-state index contributed by atoms with van der Waals surface area (Å²) in [7, 11) is 0. The largest absolute Gasteiger partial charge is 0.445 e. The van der Waals surface area contributed by atoms with Crippen molar-refractivity contribution in [3.05, 3.63) is 35.9 Å². The first kappa shape index (κ1) is 11.5. The summed E-state index contributed by atoms with van der Waals surface area (Å²) in [6, 6.07) is 10.6. The zero-order valence-electron chi connectivity index (χ0n) is 10.3. The molecule has 0 bridgehead atoms. The first-order valence-corrected chi connectivity index (χ1v) is 6.47. The minimum Gasteiger partial charge on any atom is -0.445 e. The molecule has 2 N–H and O–H groups in total. The fraction of sp³-hybridized carbons (Fsp3) is 0.500. The average molecular weight is 246 g/mol. The molecule has 96 valence electrons. The minimum absolute atomic E-state index is 0.0383. The van der Waals surface area contributed by atoms with Crippen molar-refractivity contribution in [3.8, 4) is 0 Å². The molecule has 1 amide bonds. The molecular weight excluding hydrogens is 228 g/mol. The number of likely N-dealkylation sites (tertiary alicyclic amines) is 1. The lowest BCUT2D eigenvalue weighted by Gasteiger charge is -2.28. The van der Waals surface area contributed by atoms with Gasteiger partial charge in [-0.3, -0.25) is 4.90 Å². The Morgan fingerprint density at radius 2 is 2.06 bits per heavy atom. The van der Waals surface area contributed by atoms with Crippen LogP contribution in [0.2, 0.25) is 0 Å². The lowest BCUT2D eigenvalue weighted by atomic mass is 10.0. The molecule has 1 atom stereocenters. The van der Waals surface area contributed by atoms with E-state index in [1.807, 2.05) is 6.07 Å². The lowest BCUT2D eigenvalue weighted by molar-refractivity contribution is 0.102. The van der Waals surface area contributed by atoms with E-state index in [-0.39, 0.29) is 11.6 Å². The molecule has 1 saturated heterocycles. The Kier molecular flexibility index (Phi) is 2.74. The third-order valence-electron chi connectivity index (χ3n) is 4.07. The number of amides is 1. The summed E-state index contributed by atoms with van der Waals surface area (Å²) in [6.45, 7) is 1.78. The second-order valence-corrected chi connectivity index (χ2v) is 5.19. The number of primary amides is 1. The molecule has 4 heteroatoms. The lowest BCUT2D eigenvalue weighted by Crippen LogP contribution is -2.35. The van der Waals surface area contributed by atoms with Gasteiger partial charge in [0.1, 0.15) is 6.10 Å². The highest BCUT2D eigenvalue weighted by molar-refractivity contribution is 5.64. The Balaban J connectivity index is 1.71. The maximum atomic E-state index is 10.8. The second kappa shape index (κ2) is 4.28. The maximum Gasteiger partial charge on any atom is 0.404 e. The van der Waals surface area contributed by atoms with E-state index in [1.165, 1.54) is 18.4 Å². The van der Waals surface area contributed by atoms with Gasteiger partial charge >= 0.3 is 6.09 Å². The van der Waals surface area contributed by atoms with Gasteiger partial charge in [0.25, 0.3) is 0 Å². The van der Waals surface area contributed by atoms with Crippen molar-refractivity contribution in [1.82, 2.24) is 4.90 Å². The van der Waals surface area contributed by atoms with E-state index >= 15 is 0 Å². The van der Waals surface area contributed by atoms with Crippen LogP contribution in [0.1, 0.15) is 24.8 Å². The Labute approximate surface area is 107 Å². The van der Waals surface area contributed by atoms with Crippen molar-refractivity contribution in [1.29, 1.82) is 0 Å². The van der Waals surface area contributed by atoms with E-state index < -0.39 is 6.09 Å². The van der Waals surface area contributed by atoms with Gasteiger partial charge in [-0.1, -0.05) is 30.3 Å². The monoisotopic (exact) mass is 246 g/mol. The molecule has 0 aromatic heterocycles. The molecule has 0 radical (unpaired) electrons. The first-order chi connectivity index (χ1) is 8.71. The van der Waals surface area contributed by atoms with Gasteiger partial charge in [-0.25, -0.2) is 4.79 Å². The number of ether oxygens (including phenoxy) is 1. The Bertz CT molecular complexity index is 442. The van der Waals surface area contributed by atoms with Crippen LogP contribution in [0.3, 0.4) is 0 Å². The first-order valence-electron chi connectivity index (χ1n) is 6.47. The predicted molar refractivity (Wildman–Crippen MR) is 68.0 cm³/mol. The SMILES string of the molecule is NC(=O)OC1CCN(C2(c3ccccc3)CC2)C1. The highest BCUT2D eigenvalue weighted by atomic mass is 16.6. The van der Waals surface area contributed by atoms with Crippen LogP contribution in [0, 0.1) is 0 Å². The van der Waals surface area contributed by atoms with Gasteiger partial charge in [-0.2, -0.15) is 0 Å². The van der Waals surface area contributed by atoms with E-state index in [1.54, 1.807) is 0 Å². The molecule has 3 rings (SSSR count). The van der Waals surface area contributed by atoms with Crippen molar-refractivity contribution in [2.75, 3.05) is 13.1 Å². The number of benzene rings is 1. The van der Waals surface area contributed by atoms with Crippen LogP contribution in [0.25, 0.3) is 0 Å². The van der Waals surface area contributed by atoms with Gasteiger partial charge < -0.3 is 10.5 Å². The Hall–Kier alpha value is -1.55. The summed E-state index contributed by atoms with van der Waals surface area (Å²) < 4.78 is 5.10. The normalized spacial score (nSPS) is 25.9. The molecule has 0 spiro atoms. The van der Waals surface area contributed by atoms with Crippen LogP contribution in [0.5, 0.6) is 0 Å². The molecule has 4 nitrogen and oxygen atoms in total. The summed E-state index contributed by atoms with van der Waals surface area (Å²) in [5.41, 5.74) is 6.64. The molecule has 1 aliphatic carbocycles. The fourth-order valence-corrected chi connectivity index (χ4v) is 3.03. The van der Waals surface area contributed by atoms with Crippen LogP contribution in [-0.4, -0.2) is 30.2 Å². The van der Waals surface area contributed by atoms with E-state index in [9.17, 15) is 4.79 Å². The average Bonchev–Trinajstić information content (AvgIpc) is 3.05. The van der Waals surface area contributed by atoms with E-state index in [2.05, 4.69) is 29.2 Å². The molecule has 1 saturated carbocycles. The van der Waals surface area contributed by atoms with Gasteiger partial charge in [0.05, 0.1) is 0 Å². The van der Waals surface area contributed by atoms with Gasteiger partial charge in [-0.05, 0) is 24.8 Å². The highest BCUT2D eigenvalue weighted by Crippen LogP contribution is 2.52. The molecule has 1 unspecified atom stereocenters. The fourth-order valence-electron chi connectivity index (χ4n) is 3.03. The number of carbonyl (C=O) groups is 1. The smallest absolute Gasteiger partial charge is 0.404 e. The van der Waals surface area contributed by atoms with Crippen molar-refractivity contribution in [2.45, 2.75) is 30.9 Å². The number of carbonyl (C=O) groups excluding carboxylic acids is 1. The number of hydrogen-bond acceptors (Lipinski definition) is 3. The Morgan fingerprint density at radius 1 is 1.33 bits per heavy atom. The van der Waals surface area contributed by atoms with Crippen molar-refractivity contribution >= 4 is 6.09 Å². The highest BCUT2D eigenvalue weighted by Gasteiger charge is 2.51. The van der Waals surface area contributed by atoms with Crippen molar-refractivity contribution in [3.63, 3.8) is 0 Å². The summed E-state index contributed by atoms with van der Waals surface area (Å²) in [5.74, 6) is 0. The third-order valence-corrected chi connectivity index (χ3v) is 4.07. The summed E-state index contributed by atoms with van der Waals surface area (Å²) in [6.07, 6.45) is 2.58. The minimum atomic E-state index is -0.661. The molecule has 2 aliphatic rings. The van der Waals surface area contributed by atoms with Crippen LogP contribution in [-0.2, 0) is 10.3 Å². The van der Waals surface area contributed by atoms with E-state index in [0.717, 1.165) is 19.5 Å². The molecular formula is C14H18N2O2. The third kappa shape index (κ3) is 1.97. The molecule has 1 heterocycles. The molecule has 2 fully saturated rings. The number of nitrogens with zero attached hydrogens (tertiary/aromatic N) is 1.